The van der Waals surface area contributed by atoms with Gasteiger partial charge in [-0.2, -0.15) is 0 Å². The molecule has 0 aromatic heterocycles. The molecule has 0 spiro atoms. The Kier molecular flexibility index (Phi) is 9.21. The quantitative estimate of drug-likeness (QED) is 0.418. The lowest BCUT2D eigenvalue weighted by atomic mass is 9.99. The summed E-state index contributed by atoms with van der Waals surface area (Å²) in [5.41, 5.74) is 1.77. The summed E-state index contributed by atoms with van der Waals surface area (Å²) < 4.78 is 13.0. The summed E-state index contributed by atoms with van der Waals surface area (Å²) in [5, 5.41) is 10.0. The highest BCUT2D eigenvalue weighted by Gasteiger charge is 2.48. The minimum Gasteiger partial charge on any atom is -0.410 e. The second-order valence-electron chi connectivity index (χ2n) is 8.28. The van der Waals surface area contributed by atoms with Gasteiger partial charge in [-0.25, -0.2) is 0 Å². The van der Waals surface area contributed by atoms with Crippen LogP contribution in [0.2, 0.25) is 16.6 Å². The Morgan fingerprint density at radius 3 is 2.25 bits per heavy atom. The minimum atomic E-state index is -1.89. The van der Waals surface area contributed by atoms with Crippen molar-refractivity contribution in [1.29, 1.82) is 0 Å². The fourth-order valence-corrected chi connectivity index (χ4v) is 10.2. The third-order valence-corrected chi connectivity index (χ3v) is 11.8. The molecule has 1 heterocycles. The molecule has 1 aliphatic rings. The molecule has 0 aromatic carbocycles. The van der Waals surface area contributed by atoms with Gasteiger partial charge in [-0.3, -0.25) is 0 Å². The molecule has 142 valence electrons. The van der Waals surface area contributed by atoms with Gasteiger partial charge in [0.05, 0.1) is 18.3 Å². The van der Waals surface area contributed by atoms with Gasteiger partial charge in [0.15, 0.2) is 0 Å². The van der Waals surface area contributed by atoms with E-state index in [1.807, 2.05) is 0 Å². The molecular weight excluding hydrogens is 316 g/mol. The molecule has 0 radical (unpaired) electrons. The molecule has 0 amide bonds. The van der Waals surface area contributed by atoms with Gasteiger partial charge in [-0.05, 0) is 48.7 Å². The van der Waals surface area contributed by atoms with E-state index in [0.29, 0.717) is 23.0 Å². The van der Waals surface area contributed by atoms with Gasteiger partial charge in [0.1, 0.15) is 0 Å². The third kappa shape index (κ3) is 5.42. The summed E-state index contributed by atoms with van der Waals surface area (Å²) in [6.45, 7) is 18.5. The van der Waals surface area contributed by atoms with Crippen LogP contribution >= 0.6 is 0 Å². The van der Waals surface area contributed by atoms with E-state index in [2.05, 4.69) is 48.1 Å². The molecule has 3 nitrogen and oxygen atoms in total. The van der Waals surface area contributed by atoms with Crippen LogP contribution in [-0.4, -0.2) is 38.3 Å². The van der Waals surface area contributed by atoms with E-state index < -0.39 is 8.32 Å². The smallest absolute Gasteiger partial charge is 0.200 e. The van der Waals surface area contributed by atoms with Crippen molar-refractivity contribution >= 4 is 8.32 Å². The van der Waals surface area contributed by atoms with Crippen LogP contribution in [0.5, 0.6) is 0 Å². The molecule has 0 bridgehead atoms. The molecule has 1 fully saturated rings. The first-order chi connectivity index (χ1) is 11.3. The van der Waals surface area contributed by atoms with Crippen LogP contribution in [0.3, 0.4) is 0 Å². The molecule has 0 aromatic rings. The molecule has 0 unspecified atom stereocenters. The van der Waals surface area contributed by atoms with Gasteiger partial charge in [0.2, 0.25) is 8.32 Å². The lowest BCUT2D eigenvalue weighted by Crippen LogP contribution is -2.53. The Morgan fingerprint density at radius 2 is 1.75 bits per heavy atom. The van der Waals surface area contributed by atoms with Crippen LogP contribution in [0, 0.1) is 0 Å². The second-order valence-corrected chi connectivity index (χ2v) is 13.7. The van der Waals surface area contributed by atoms with Crippen LogP contribution in [0.4, 0.5) is 0 Å². The van der Waals surface area contributed by atoms with Crippen molar-refractivity contribution in [1.82, 2.24) is 0 Å². The zero-order valence-electron chi connectivity index (χ0n) is 16.8. The van der Waals surface area contributed by atoms with Gasteiger partial charge in [0, 0.05) is 6.61 Å². The van der Waals surface area contributed by atoms with Crippen molar-refractivity contribution in [3.05, 3.63) is 12.7 Å². The first-order valence-corrected chi connectivity index (χ1v) is 12.0. The largest absolute Gasteiger partial charge is 0.410 e. The van der Waals surface area contributed by atoms with Crippen LogP contribution in [-0.2, 0) is 9.16 Å². The molecule has 24 heavy (non-hydrogen) atoms. The van der Waals surface area contributed by atoms with Gasteiger partial charge >= 0.3 is 0 Å². The fourth-order valence-electron chi connectivity index (χ4n) is 4.55. The zero-order valence-corrected chi connectivity index (χ0v) is 17.8. The van der Waals surface area contributed by atoms with E-state index in [1.165, 1.54) is 0 Å². The second kappa shape index (κ2) is 10.1. The first kappa shape index (κ1) is 21.9. The summed E-state index contributed by atoms with van der Waals surface area (Å²) >= 11 is 0. The average Bonchev–Trinajstić information content (AvgIpc) is 2.50. The van der Waals surface area contributed by atoms with Crippen molar-refractivity contribution in [3.8, 4) is 0 Å². The summed E-state index contributed by atoms with van der Waals surface area (Å²) in [6.07, 6.45) is 6.24. The highest BCUT2D eigenvalue weighted by Crippen LogP contribution is 2.44. The SMILES string of the molecule is C=CC[C@H](O)CC[C@H]1OCCC[C@@H]1O[Si](C(C)C)(C(C)C)C(C)C. The predicted molar refractivity (Wildman–Crippen MR) is 105 cm³/mol. The number of ether oxygens (including phenoxy) is 1. The van der Waals surface area contributed by atoms with Crippen molar-refractivity contribution < 1.29 is 14.3 Å². The van der Waals surface area contributed by atoms with E-state index in [-0.39, 0.29) is 18.3 Å². The average molecular weight is 357 g/mol. The van der Waals surface area contributed by atoms with Gasteiger partial charge in [0.25, 0.3) is 0 Å². The molecule has 1 rings (SSSR count). The third-order valence-electron chi connectivity index (χ3n) is 5.67. The first-order valence-electron chi connectivity index (χ1n) is 9.84. The Balaban J connectivity index is 2.83. The van der Waals surface area contributed by atoms with Crippen molar-refractivity contribution in [2.45, 2.75) is 109 Å². The Hall–Kier alpha value is -0.163. The van der Waals surface area contributed by atoms with Crippen molar-refractivity contribution in [2.75, 3.05) is 6.61 Å². The molecule has 1 N–H and O–H groups in total. The topological polar surface area (TPSA) is 38.7 Å². The number of aliphatic hydroxyl groups excluding tert-OH is 1. The molecular formula is C20H40O3Si. The Bertz CT molecular complexity index is 346. The molecule has 3 atom stereocenters. The summed E-state index contributed by atoms with van der Waals surface area (Å²) in [5.74, 6) is 0. The highest BCUT2D eigenvalue weighted by atomic mass is 28.4. The summed E-state index contributed by atoms with van der Waals surface area (Å²) in [7, 11) is -1.89. The molecule has 0 saturated carbocycles. The standard InChI is InChI=1S/C20H40O3Si/c1-8-10-18(21)12-13-19-20(11-9-14-22-19)23-24(15(2)3,16(4)5)17(6)7/h8,15-21H,1,9-14H2,2-7H3/t18-,19+,20-/m0/s1. The molecule has 0 aliphatic carbocycles. The minimum absolute atomic E-state index is 0.126. The van der Waals surface area contributed by atoms with E-state index in [4.69, 9.17) is 9.16 Å². The maximum atomic E-state index is 10.0. The Labute approximate surface area is 151 Å². The predicted octanol–water partition coefficient (Wildman–Crippen LogP) is 5.44. The molecule has 4 heteroatoms. The lowest BCUT2D eigenvalue weighted by Gasteiger charge is -2.47. The fraction of sp³-hybridized carbons (Fsp3) is 0.900. The summed E-state index contributed by atoms with van der Waals surface area (Å²) in [4.78, 5) is 0. The van der Waals surface area contributed by atoms with Gasteiger partial charge in [-0.15, -0.1) is 6.58 Å². The number of aliphatic hydroxyl groups is 1. The van der Waals surface area contributed by atoms with Gasteiger partial charge in [-0.1, -0.05) is 47.6 Å². The number of hydrogen-bond acceptors (Lipinski definition) is 3. The van der Waals surface area contributed by atoms with Crippen LogP contribution in [0.1, 0.15) is 73.6 Å². The van der Waals surface area contributed by atoms with E-state index >= 15 is 0 Å². The van der Waals surface area contributed by atoms with Crippen molar-refractivity contribution in [3.63, 3.8) is 0 Å². The highest BCUT2D eigenvalue weighted by molar-refractivity contribution is 6.77. The normalized spacial score (nSPS) is 23.9. The zero-order chi connectivity index (χ0) is 18.3. The van der Waals surface area contributed by atoms with Gasteiger partial charge < -0.3 is 14.3 Å². The van der Waals surface area contributed by atoms with Crippen LogP contribution < -0.4 is 0 Å². The molecule has 1 saturated heterocycles. The monoisotopic (exact) mass is 356 g/mol. The maximum absolute atomic E-state index is 10.0. The lowest BCUT2D eigenvalue weighted by molar-refractivity contribution is -0.0761. The van der Waals surface area contributed by atoms with Crippen LogP contribution in [0.25, 0.3) is 0 Å². The summed E-state index contributed by atoms with van der Waals surface area (Å²) in [6, 6.07) is 0. The Morgan fingerprint density at radius 1 is 1.17 bits per heavy atom. The van der Waals surface area contributed by atoms with Crippen molar-refractivity contribution in [2.24, 2.45) is 0 Å². The van der Waals surface area contributed by atoms with E-state index in [9.17, 15) is 5.11 Å². The number of hydrogen-bond donors (Lipinski definition) is 1. The maximum Gasteiger partial charge on any atom is 0.200 e. The van der Waals surface area contributed by atoms with Crippen LogP contribution in [0.15, 0.2) is 12.7 Å². The van der Waals surface area contributed by atoms with E-state index in [0.717, 1.165) is 32.3 Å². The number of rotatable bonds is 10. The van der Waals surface area contributed by atoms with E-state index in [1.54, 1.807) is 6.08 Å². The molecule has 1 aliphatic heterocycles.